The van der Waals surface area contributed by atoms with Crippen LogP contribution in [0, 0.1) is 0 Å². The smallest absolute Gasteiger partial charge is 0.152 e. The van der Waals surface area contributed by atoms with Crippen molar-refractivity contribution in [3.8, 4) is 16.9 Å². The quantitative estimate of drug-likeness (QED) is 0.219. The van der Waals surface area contributed by atoms with Gasteiger partial charge in [0, 0.05) is 27.9 Å². The molecule has 0 atom stereocenters. The number of fused-ring (bicyclic) bond motifs is 11. The Balaban J connectivity index is 1.52. The van der Waals surface area contributed by atoms with Crippen molar-refractivity contribution in [2.75, 3.05) is 0 Å². The van der Waals surface area contributed by atoms with Crippen LogP contribution >= 0.6 is 0 Å². The van der Waals surface area contributed by atoms with Crippen molar-refractivity contribution >= 4 is 60.4 Å². The highest BCUT2D eigenvalue weighted by Crippen LogP contribution is 2.38. The van der Waals surface area contributed by atoms with Gasteiger partial charge in [-0.2, -0.15) is 0 Å². The van der Waals surface area contributed by atoms with Crippen LogP contribution in [0.2, 0.25) is 0 Å². The molecule has 0 spiro atoms. The van der Waals surface area contributed by atoms with Gasteiger partial charge in [0.25, 0.3) is 0 Å². The average Bonchev–Trinajstić information content (AvgIpc) is 3.56. The van der Waals surface area contributed by atoms with Crippen molar-refractivity contribution in [3.63, 3.8) is 0 Å². The maximum atomic E-state index is 5.31. The molecule has 0 amide bonds. The highest BCUT2D eigenvalue weighted by Gasteiger charge is 2.22. The van der Waals surface area contributed by atoms with Gasteiger partial charge in [-0.05, 0) is 41.3 Å². The summed E-state index contributed by atoms with van der Waals surface area (Å²) in [5.74, 6) is 0.838. The molecule has 0 bridgehead atoms. The molecular weight excluding hydrogens is 490 g/mol. The van der Waals surface area contributed by atoms with Crippen LogP contribution < -0.4 is 0 Å². The number of nitrogens with zero attached hydrogens (tertiary/aromatic N) is 5. The number of para-hydroxylation sites is 2. The molecule has 4 aromatic carbocycles. The number of hydrogen-bond donors (Lipinski definition) is 0. The lowest BCUT2D eigenvalue weighted by Crippen LogP contribution is -2.03. The van der Waals surface area contributed by atoms with Crippen molar-refractivity contribution in [3.05, 3.63) is 128 Å². The lowest BCUT2D eigenvalue weighted by molar-refractivity contribution is 1.06. The third-order valence-corrected chi connectivity index (χ3v) is 7.93. The molecule has 0 saturated heterocycles. The fraction of sp³-hybridized carbons (Fsp3) is 0. The Bertz CT molecular complexity index is 2430. The molecule has 0 unspecified atom stereocenters. The molecule has 0 aliphatic heterocycles. The summed E-state index contributed by atoms with van der Waals surface area (Å²) in [4.78, 5) is 15.2. The van der Waals surface area contributed by atoms with E-state index in [0.717, 1.165) is 66.6 Å². The number of imidazole rings is 1. The van der Waals surface area contributed by atoms with Crippen molar-refractivity contribution in [1.29, 1.82) is 0 Å². The summed E-state index contributed by atoms with van der Waals surface area (Å²) in [6, 6.07) is 42.2. The van der Waals surface area contributed by atoms with E-state index in [1.165, 1.54) is 10.8 Å². The normalized spacial score (nSPS) is 12.0. The van der Waals surface area contributed by atoms with E-state index < -0.39 is 0 Å². The minimum Gasteiger partial charge on any atom is -0.278 e. The van der Waals surface area contributed by atoms with E-state index in [1.807, 2.05) is 24.4 Å². The zero-order valence-corrected chi connectivity index (χ0v) is 21.4. The van der Waals surface area contributed by atoms with E-state index in [-0.39, 0.29) is 0 Å². The third-order valence-electron chi connectivity index (χ3n) is 7.93. The summed E-state index contributed by atoms with van der Waals surface area (Å²) in [6.45, 7) is 0. The molecule has 5 heterocycles. The van der Waals surface area contributed by atoms with Crippen molar-refractivity contribution in [1.82, 2.24) is 23.9 Å². The van der Waals surface area contributed by atoms with Crippen LogP contribution in [0.1, 0.15) is 0 Å². The molecule has 9 aromatic rings. The lowest BCUT2D eigenvalue weighted by Gasteiger charge is -2.14. The Morgan fingerprint density at radius 2 is 1.23 bits per heavy atom. The number of pyridine rings is 3. The summed E-state index contributed by atoms with van der Waals surface area (Å²) in [7, 11) is 0. The van der Waals surface area contributed by atoms with Gasteiger partial charge in [-0.3, -0.25) is 14.0 Å². The molecule has 0 fully saturated rings. The van der Waals surface area contributed by atoms with Crippen LogP contribution in [0.25, 0.3) is 77.4 Å². The second kappa shape index (κ2) is 7.98. The molecule has 40 heavy (non-hydrogen) atoms. The second-order valence-corrected chi connectivity index (χ2v) is 10.1. The monoisotopic (exact) mass is 511 g/mol. The predicted octanol–water partition coefficient (Wildman–Crippen LogP) is 8.35. The van der Waals surface area contributed by atoms with Gasteiger partial charge in [0.2, 0.25) is 0 Å². The van der Waals surface area contributed by atoms with Gasteiger partial charge in [0.05, 0.1) is 22.1 Å². The van der Waals surface area contributed by atoms with Gasteiger partial charge >= 0.3 is 0 Å². The van der Waals surface area contributed by atoms with Crippen LogP contribution in [0.3, 0.4) is 0 Å². The Morgan fingerprint density at radius 1 is 0.525 bits per heavy atom. The van der Waals surface area contributed by atoms with E-state index in [4.69, 9.17) is 15.0 Å². The molecule has 0 radical (unpaired) electrons. The maximum absolute atomic E-state index is 5.31. The van der Waals surface area contributed by atoms with Gasteiger partial charge in [-0.1, -0.05) is 91.0 Å². The highest BCUT2D eigenvalue weighted by atomic mass is 15.2. The van der Waals surface area contributed by atoms with E-state index in [2.05, 4.69) is 112 Å². The van der Waals surface area contributed by atoms with Gasteiger partial charge in [0.1, 0.15) is 17.0 Å². The summed E-state index contributed by atoms with van der Waals surface area (Å²) in [5.41, 5.74) is 9.01. The van der Waals surface area contributed by atoms with Gasteiger partial charge in [0.15, 0.2) is 5.65 Å². The standard InChI is InChI=1S/C35H21N5/c1-2-11-22(12-3-1)27-21-31(37-28-17-10-20-36-32(27)28)39-30-19-9-7-16-26(30)33-35(39)40-29-18-8-6-14-24(29)23-13-4-5-15-25(23)34(40)38-33/h1-21H. The average molecular weight is 512 g/mol. The van der Waals surface area contributed by atoms with Crippen LogP contribution in [-0.2, 0) is 0 Å². The molecule has 0 saturated carbocycles. The van der Waals surface area contributed by atoms with Gasteiger partial charge in [-0.15, -0.1) is 0 Å². The second-order valence-electron chi connectivity index (χ2n) is 10.1. The largest absolute Gasteiger partial charge is 0.278 e. The lowest BCUT2D eigenvalue weighted by atomic mass is 10.0. The first-order chi connectivity index (χ1) is 19.9. The Hall–Kier alpha value is -5.55. The van der Waals surface area contributed by atoms with E-state index in [9.17, 15) is 0 Å². The first-order valence-electron chi connectivity index (χ1n) is 13.4. The van der Waals surface area contributed by atoms with E-state index >= 15 is 0 Å². The van der Waals surface area contributed by atoms with E-state index in [1.54, 1.807) is 0 Å². The molecule has 0 aliphatic rings. The van der Waals surface area contributed by atoms with Crippen LogP contribution in [0.5, 0.6) is 0 Å². The number of benzene rings is 4. The van der Waals surface area contributed by atoms with Crippen molar-refractivity contribution in [2.45, 2.75) is 0 Å². The summed E-state index contributed by atoms with van der Waals surface area (Å²) < 4.78 is 4.58. The van der Waals surface area contributed by atoms with Crippen molar-refractivity contribution in [2.24, 2.45) is 0 Å². The molecule has 0 N–H and O–H groups in total. The molecular formula is C35H21N5. The maximum Gasteiger partial charge on any atom is 0.152 e. The SMILES string of the molecule is c1ccc(-c2cc(-n3c4ccccc4c4nc5c6ccccc6c6ccccc6n5c43)nc3cccnc23)cc1. The predicted molar refractivity (Wildman–Crippen MR) is 163 cm³/mol. The number of rotatable bonds is 2. The molecule has 5 nitrogen and oxygen atoms in total. The minimum absolute atomic E-state index is 0.838. The van der Waals surface area contributed by atoms with Gasteiger partial charge < -0.3 is 0 Å². The van der Waals surface area contributed by atoms with Crippen LogP contribution in [0.15, 0.2) is 128 Å². The topological polar surface area (TPSA) is 48.0 Å². The minimum atomic E-state index is 0.838. The van der Waals surface area contributed by atoms with Crippen LogP contribution in [0.4, 0.5) is 0 Å². The van der Waals surface area contributed by atoms with Crippen molar-refractivity contribution < 1.29 is 0 Å². The Kier molecular flexibility index (Phi) is 4.27. The molecule has 0 aliphatic carbocycles. The molecule has 5 aromatic heterocycles. The first kappa shape index (κ1) is 21.4. The Labute approximate surface area is 228 Å². The van der Waals surface area contributed by atoms with Gasteiger partial charge in [-0.25, -0.2) is 9.97 Å². The zero-order valence-electron chi connectivity index (χ0n) is 21.4. The molecule has 186 valence electrons. The zero-order chi connectivity index (χ0) is 26.2. The van der Waals surface area contributed by atoms with Crippen LogP contribution in [-0.4, -0.2) is 23.9 Å². The first-order valence-corrected chi connectivity index (χ1v) is 13.4. The fourth-order valence-electron chi connectivity index (χ4n) is 6.23. The molecule has 9 rings (SSSR count). The van der Waals surface area contributed by atoms with E-state index in [0.29, 0.717) is 0 Å². The molecule has 5 heteroatoms. The highest BCUT2D eigenvalue weighted by molar-refractivity contribution is 6.16. The number of aromatic nitrogens is 5. The summed E-state index contributed by atoms with van der Waals surface area (Å²) in [5, 5.41) is 4.63. The summed E-state index contributed by atoms with van der Waals surface area (Å²) >= 11 is 0. The number of hydrogen-bond acceptors (Lipinski definition) is 3. The fourth-order valence-corrected chi connectivity index (χ4v) is 6.23. The third kappa shape index (κ3) is 2.83. The summed E-state index contributed by atoms with van der Waals surface area (Å²) in [6.07, 6.45) is 1.83. The Morgan fingerprint density at radius 3 is 2.08 bits per heavy atom.